The lowest BCUT2D eigenvalue weighted by Gasteiger charge is -2.35. The number of ether oxygens (including phenoxy) is 1. The summed E-state index contributed by atoms with van der Waals surface area (Å²) in [5.74, 6) is 0.475. The number of fused-ring (bicyclic) bond motifs is 2. The average Bonchev–Trinajstić information content (AvgIpc) is 3.17. The van der Waals surface area contributed by atoms with E-state index in [-0.39, 0.29) is 35.5 Å². The van der Waals surface area contributed by atoms with Crippen LogP contribution in [-0.4, -0.2) is 61.0 Å². The lowest BCUT2D eigenvalue weighted by molar-refractivity contribution is -0.149. The summed E-state index contributed by atoms with van der Waals surface area (Å²) < 4.78 is 5.34. The molecule has 1 saturated heterocycles. The largest absolute Gasteiger partial charge is 0.378 e. The monoisotopic (exact) mass is 306 g/mol. The average molecular weight is 306 g/mol. The van der Waals surface area contributed by atoms with Crippen molar-refractivity contribution in [3.8, 4) is 0 Å². The van der Waals surface area contributed by atoms with Gasteiger partial charge in [0.05, 0.1) is 25.0 Å². The highest BCUT2D eigenvalue weighted by atomic mass is 16.5. The number of morpholine rings is 1. The van der Waals surface area contributed by atoms with E-state index in [4.69, 9.17) is 4.74 Å². The summed E-state index contributed by atoms with van der Waals surface area (Å²) >= 11 is 0. The van der Waals surface area contributed by atoms with Crippen LogP contribution in [0.25, 0.3) is 0 Å². The Bertz CT molecular complexity index is 467. The maximum absolute atomic E-state index is 13.0. The predicted octanol–water partition coefficient (Wildman–Crippen LogP) is 1.15. The van der Waals surface area contributed by atoms with Gasteiger partial charge >= 0.3 is 0 Å². The first-order valence-corrected chi connectivity index (χ1v) is 8.51. The number of nitrogens with zero attached hydrogens (tertiary/aromatic N) is 2. The predicted molar refractivity (Wildman–Crippen MR) is 83.0 cm³/mol. The maximum atomic E-state index is 13.0. The van der Waals surface area contributed by atoms with Crippen LogP contribution < -0.4 is 0 Å². The van der Waals surface area contributed by atoms with Gasteiger partial charge < -0.3 is 14.5 Å². The fraction of sp³-hybridized carbons (Fsp3) is 0.765. The van der Waals surface area contributed by atoms with Crippen molar-refractivity contribution in [1.82, 2.24) is 9.80 Å². The van der Waals surface area contributed by atoms with E-state index >= 15 is 0 Å². The Labute approximate surface area is 132 Å². The lowest BCUT2D eigenvalue weighted by Crippen LogP contribution is -2.49. The summed E-state index contributed by atoms with van der Waals surface area (Å²) in [6, 6.07) is 0. The summed E-state index contributed by atoms with van der Waals surface area (Å²) in [5.41, 5.74) is 0. The molecule has 0 aromatic rings. The molecule has 0 N–H and O–H groups in total. The van der Waals surface area contributed by atoms with Crippen molar-refractivity contribution in [2.24, 2.45) is 23.7 Å². The van der Waals surface area contributed by atoms with Gasteiger partial charge in [0.2, 0.25) is 11.8 Å². The highest BCUT2D eigenvalue weighted by molar-refractivity contribution is 5.90. The molecule has 4 atom stereocenters. The molecule has 4 unspecified atom stereocenters. The number of rotatable bonds is 4. The Morgan fingerprint density at radius 1 is 1.09 bits per heavy atom. The van der Waals surface area contributed by atoms with Crippen LogP contribution in [0.4, 0.5) is 0 Å². The molecule has 22 heavy (non-hydrogen) atoms. The Balaban J connectivity index is 1.80. The Morgan fingerprint density at radius 2 is 1.68 bits per heavy atom. The summed E-state index contributed by atoms with van der Waals surface area (Å²) in [6.45, 7) is 7.96. The van der Waals surface area contributed by atoms with Crippen molar-refractivity contribution in [3.63, 3.8) is 0 Å². The normalized spacial score (nSPS) is 33.3. The number of hydrogen-bond donors (Lipinski definition) is 0. The Morgan fingerprint density at radius 3 is 2.27 bits per heavy atom. The van der Waals surface area contributed by atoms with E-state index in [2.05, 4.69) is 12.2 Å². The molecule has 2 bridgehead atoms. The zero-order chi connectivity index (χ0) is 15.7. The number of allylic oxidation sites excluding steroid dienone is 2. The molecule has 2 fully saturated rings. The standard InChI is InChI=1S/C17H26N2O3/c1-3-18(4-2)16(20)14-12-5-6-13(11-12)15(14)17(21)19-7-9-22-10-8-19/h5-6,12-15H,3-4,7-11H2,1-2H3. The van der Waals surface area contributed by atoms with Crippen molar-refractivity contribution in [1.29, 1.82) is 0 Å². The molecule has 0 aromatic carbocycles. The smallest absolute Gasteiger partial charge is 0.227 e. The second-order valence-corrected chi connectivity index (χ2v) is 6.45. The van der Waals surface area contributed by atoms with Crippen LogP contribution in [0.3, 0.4) is 0 Å². The molecule has 122 valence electrons. The number of amides is 2. The topological polar surface area (TPSA) is 49.9 Å². The minimum absolute atomic E-state index is 0.158. The second kappa shape index (κ2) is 6.41. The van der Waals surface area contributed by atoms with Crippen LogP contribution in [0, 0.1) is 23.7 Å². The third-order valence-electron chi connectivity index (χ3n) is 5.43. The Kier molecular flexibility index (Phi) is 4.52. The third kappa shape index (κ3) is 2.56. The van der Waals surface area contributed by atoms with Crippen LogP contribution >= 0.6 is 0 Å². The van der Waals surface area contributed by atoms with Gasteiger partial charge in [-0.3, -0.25) is 9.59 Å². The lowest BCUT2D eigenvalue weighted by atomic mass is 9.81. The van der Waals surface area contributed by atoms with E-state index in [1.807, 2.05) is 23.6 Å². The molecule has 0 aromatic heterocycles. The molecule has 2 amide bonds. The van der Waals surface area contributed by atoms with Crippen molar-refractivity contribution >= 4 is 11.8 Å². The fourth-order valence-corrected chi connectivity index (χ4v) is 4.24. The molecule has 1 saturated carbocycles. The van der Waals surface area contributed by atoms with E-state index in [0.29, 0.717) is 39.4 Å². The second-order valence-electron chi connectivity index (χ2n) is 6.45. The van der Waals surface area contributed by atoms with Crippen molar-refractivity contribution < 1.29 is 14.3 Å². The van der Waals surface area contributed by atoms with Crippen LogP contribution in [-0.2, 0) is 14.3 Å². The van der Waals surface area contributed by atoms with Gasteiger partial charge in [0.1, 0.15) is 0 Å². The summed E-state index contributed by atoms with van der Waals surface area (Å²) in [5, 5.41) is 0. The highest BCUT2D eigenvalue weighted by Crippen LogP contribution is 2.49. The van der Waals surface area contributed by atoms with Gasteiger partial charge in [-0.2, -0.15) is 0 Å². The highest BCUT2D eigenvalue weighted by Gasteiger charge is 2.53. The number of hydrogen-bond acceptors (Lipinski definition) is 3. The SMILES string of the molecule is CCN(CC)C(=O)C1C2C=CC(C2)C1C(=O)N1CCOCC1. The first kappa shape index (κ1) is 15.5. The molecule has 0 radical (unpaired) electrons. The van der Waals surface area contributed by atoms with Crippen LogP contribution in [0.5, 0.6) is 0 Å². The van der Waals surface area contributed by atoms with E-state index in [0.717, 1.165) is 6.42 Å². The minimum atomic E-state index is -0.166. The van der Waals surface area contributed by atoms with Crippen molar-refractivity contribution in [2.45, 2.75) is 20.3 Å². The summed E-state index contributed by atoms with van der Waals surface area (Å²) in [4.78, 5) is 29.6. The molecular weight excluding hydrogens is 280 g/mol. The molecule has 5 heteroatoms. The molecule has 2 aliphatic carbocycles. The molecule has 0 spiro atoms. The summed E-state index contributed by atoms with van der Waals surface area (Å²) in [6.07, 6.45) is 5.26. The minimum Gasteiger partial charge on any atom is -0.378 e. The number of carbonyl (C=O) groups excluding carboxylic acids is 2. The molecule has 1 aliphatic heterocycles. The number of carbonyl (C=O) groups is 2. The van der Waals surface area contributed by atoms with Gasteiger partial charge in [-0.05, 0) is 32.1 Å². The van der Waals surface area contributed by atoms with E-state index in [1.54, 1.807) is 0 Å². The van der Waals surface area contributed by atoms with Gasteiger partial charge in [-0.25, -0.2) is 0 Å². The van der Waals surface area contributed by atoms with Crippen molar-refractivity contribution in [3.05, 3.63) is 12.2 Å². The van der Waals surface area contributed by atoms with Crippen LogP contribution in [0.2, 0.25) is 0 Å². The molecular formula is C17H26N2O3. The van der Waals surface area contributed by atoms with Crippen LogP contribution in [0.15, 0.2) is 12.2 Å². The maximum Gasteiger partial charge on any atom is 0.227 e. The molecule has 1 heterocycles. The fourth-order valence-electron chi connectivity index (χ4n) is 4.24. The Hall–Kier alpha value is -1.36. The molecule has 3 aliphatic rings. The first-order valence-electron chi connectivity index (χ1n) is 8.51. The molecule has 3 rings (SSSR count). The van der Waals surface area contributed by atoms with Gasteiger partial charge in [0, 0.05) is 26.2 Å². The van der Waals surface area contributed by atoms with E-state index in [9.17, 15) is 9.59 Å². The van der Waals surface area contributed by atoms with Gasteiger partial charge in [0.25, 0.3) is 0 Å². The first-order chi connectivity index (χ1) is 10.7. The van der Waals surface area contributed by atoms with Gasteiger partial charge in [-0.15, -0.1) is 0 Å². The van der Waals surface area contributed by atoms with Gasteiger partial charge in [-0.1, -0.05) is 12.2 Å². The van der Waals surface area contributed by atoms with E-state index in [1.165, 1.54) is 0 Å². The zero-order valence-electron chi connectivity index (χ0n) is 13.5. The van der Waals surface area contributed by atoms with Gasteiger partial charge in [0.15, 0.2) is 0 Å². The quantitative estimate of drug-likeness (QED) is 0.732. The zero-order valence-corrected chi connectivity index (χ0v) is 13.5. The van der Waals surface area contributed by atoms with Crippen LogP contribution in [0.1, 0.15) is 20.3 Å². The third-order valence-corrected chi connectivity index (χ3v) is 5.43. The summed E-state index contributed by atoms with van der Waals surface area (Å²) in [7, 11) is 0. The van der Waals surface area contributed by atoms with Crippen molar-refractivity contribution in [2.75, 3.05) is 39.4 Å². The van der Waals surface area contributed by atoms with E-state index < -0.39 is 0 Å². The molecule has 5 nitrogen and oxygen atoms in total.